The van der Waals surface area contributed by atoms with Gasteiger partial charge in [-0.15, -0.1) is 11.6 Å². The highest BCUT2D eigenvalue weighted by molar-refractivity contribution is 7.99. The highest BCUT2D eigenvalue weighted by Crippen LogP contribution is 2.31. The first kappa shape index (κ1) is 16.7. The molecule has 0 aliphatic rings. The van der Waals surface area contributed by atoms with Gasteiger partial charge in [0.15, 0.2) is 5.65 Å². The minimum atomic E-state index is -0.0963. The molecule has 0 radical (unpaired) electrons. The zero-order valence-electron chi connectivity index (χ0n) is 13.6. The molecule has 2 heterocycles. The summed E-state index contributed by atoms with van der Waals surface area (Å²) in [6.07, 6.45) is 2.04. The Labute approximate surface area is 136 Å². The van der Waals surface area contributed by atoms with Gasteiger partial charge in [-0.05, 0) is 26.0 Å². The van der Waals surface area contributed by atoms with Crippen molar-refractivity contribution >= 4 is 34.5 Å². The van der Waals surface area contributed by atoms with E-state index >= 15 is 0 Å². The number of thioether (sulfide) groups is 1. The SMILES string of the molecule is CCCc1nn(C)c2c1nc(C(C)Cl)n2C(C)CSCC. The van der Waals surface area contributed by atoms with Crippen LogP contribution >= 0.6 is 23.4 Å². The minimum Gasteiger partial charge on any atom is -0.308 e. The molecule has 4 nitrogen and oxygen atoms in total. The number of fused-ring (bicyclic) bond motifs is 1. The second kappa shape index (κ2) is 7.05. The smallest absolute Gasteiger partial charge is 0.158 e. The first-order valence-corrected chi connectivity index (χ1v) is 9.25. The Hall–Kier alpha value is -0.680. The van der Waals surface area contributed by atoms with E-state index < -0.39 is 0 Å². The Morgan fingerprint density at radius 3 is 2.57 bits per heavy atom. The van der Waals surface area contributed by atoms with Gasteiger partial charge in [-0.25, -0.2) is 4.98 Å². The number of imidazole rings is 1. The van der Waals surface area contributed by atoms with Gasteiger partial charge in [0.1, 0.15) is 11.3 Å². The molecular formula is C15H25ClN4S. The van der Waals surface area contributed by atoms with Crippen LogP contribution in [-0.2, 0) is 13.5 Å². The summed E-state index contributed by atoms with van der Waals surface area (Å²) in [5, 5.41) is 4.55. The Kier molecular flexibility index (Phi) is 5.60. The Morgan fingerprint density at radius 2 is 2.00 bits per heavy atom. The molecule has 118 valence electrons. The van der Waals surface area contributed by atoms with Gasteiger partial charge in [0.05, 0.1) is 11.1 Å². The van der Waals surface area contributed by atoms with E-state index in [1.165, 1.54) is 0 Å². The Bertz CT molecular complexity index is 602. The van der Waals surface area contributed by atoms with Crippen molar-refractivity contribution in [1.29, 1.82) is 0 Å². The summed E-state index contributed by atoms with van der Waals surface area (Å²) in [5.74, 6) is 3.15. The summed E-state index contributed by atoms with van der Waals surface area (Å²) in [5.41, 5.74) is 3.21. The molecule has 2 atom stereocenters. The lowest BCUT2D eigenvalue weighted by atomic mass is 10.2. The van der Waals surface area contributed by atoms with E-state index in [9.17, 15) is 0 Å². The summed E-state index contributed by atoms with van der Waals surface area (Å²) < 4.78 is 4.24. The number of aryl methyl sites for hydroxylation is 2. The van der Waals surface area contributed by atoms with E-state index in [0.717, 1.165) is 47.0 Å². The van der Waals surface area contributed by atoms with Crippen molar-refractivity contribution in [2.24, 2.45) is 7.05 Å². The zero-order chi connectivity index (χ0) is 15.6. The Morgan fingerprint density at radius 1 is 1.29 bits per heavy atom. The predicted molar refractivity (Wildman–Crippen MR) is 92.5 cm³/mol. The van der Waals surface area contributed by atoms with Gasteiger partial charge >= 0.3 is 0 Å². The molecular weight excluding hydrogens is 304 g/mol. The van der Waals surface area contributed by atoms with E-state index in [-0.39, 0.29) is 5.38 Å². The third-order valence-corrected chi connectivity index (χ3v) is 4.93. The van der Waals surface area contributed by atoms with Gasteiger partial charge in [-0.2, -0.15) is 16.9 Å². The van der Waals surface area contributed by atoms with E-state index in [1.807, 2.05) is 30.4 Å². The number of nitrogens with zero attached hydrogens (tertiary/aromatic N) is 4. The van der Waals surface area contributed by atoms with E-state index in [2.05, 4.69) is 30.4 Å². The molecule has 0 amide bonds. The van der Waals surface area contributed by atoms with Crippen LogP contribution in [0.5, 0.6) is 0 Å². The molecule has 0 fully saturated rings. The maximum absolute atomic E-state index is 6.38. The molecule has 21 heavy (non-hydrogen) atoms. The fourth-order valence-corrected chi connectivity index (χ4v) is 3.58. The number of aromatic nitrogens is 4. The number of rotatable bonds is 7. The predicted octanol–water partition coefficient (Wildman–Crippen LogP) is 4.34. The van der Waals surface area contributed by atoms with Gasteiger partial charge in [0.2, 0.25) is 0 Å². The molecule has 2 unspecified atom stereocenters. The lowest BCUT2D eigenvalue weighted by Crippen LogP contribution is -2.14. The van der Waals surface area contributed by atoms with Crippen LogP contribution in [0.2, 0.25) is 0 Å². The summed E-state index contributed by atoms with van der Waals surface area (Å²) in [6.45, 7) is 8.59. The molecule has 2 aromatic heterocycles. The van der Waals surface area contributed by atoms with Crippen LogP contribution in [0.1, 0.15) is 57.1 Å². The molecule has 0 saturated carbocycles. The largest absolute Gasteiger partial charge is 0.308 e. The summed E-state index contributed by atoms with van der Waals surface area (Å²) >= 11 is 8.32. The molecule has 0 bridgehead atoms. The van der Waals surface area contributed by atoms with Gasteiger partial charge in [0, 0.05) is 18.8 Å². The van der Waals surface area contributed by atoms with Crippen molar-refractivity contribution < 1.29 is 0 Å². The fourth-order valence-electron chi connectivity index (χ4n) is 2.70. The molecule has 2 aromatic rings. The fraction of sp³-hybridized carbons (Fsp3) is 0.733. The Balaban J connectivity index is 2.56. The number of halogens is 1. The van der Waals surface area contributed by atoms with Gasteiger partial charge in [-0.3, -0.25) is 4.68 Å². The van der Waals surface area contributed by atoms with Crippen LogP contribution in [0.3, 0.4) is 0 Å². The van der Waals surface area contributed by atoms with Crippen molar-refractivity contribution in [2.45, 2.75) is 52.0 Å². The summed E-state index contributed by atoms with van der Waals surface area (Å²) in [4.78, 5) is 4.82. The standard InChI is InChI=1S/C15H25ClN4S/c1-6-8-12-13-15(19(5)18-12)20(10(3)9-21-7-2)14(17-13)11(4)16/h10-11H,6-9H2,1-5H3. The highest BCUT2D eigenvalue weighted by Gasteiger charge is 2.24. The molecule has 2 rings (SSSR count). The first-order valence-electron chi connectivity index (χ1n) is 7.66. The van der Waals surface area contributed by atoms with Crippen molar-refractivity contribution in [3.8, 4) is 0 Å². The van der Waals surface area contributed by atoms with Crippen LogP contribution in [0.15, 0.2) is 0 Å². The van der Waals surface area contributed by atoms with Crippen LogP contribution < -0.4 is 0 Å². The summed E-state index contributed by atoms with van der Waals surface area (Å²) in [7, 11) is 2.00. The molecule has 0 aliphatic heterocycles. The van der Waals surface area contributed by atoms with Crippen LogP contribution in [0.4, 0.5) is 0 Å². The minimum absolute atomic E-state index is 0.0963. The van der Waals surface area contributed by atoms with Crippen LogP contribution in [0.25, 0.3) is 11.2 Å². The molecule has 0 aliphatic carbocycles. The van der Waals surface area contributed by atoms with Gasteiger partial charge < -0.3 is 4.57 Å². The number of hydrogen-bond acceptors (Lipinski definition) is 3. The highest BCUT2D eigenvalue weighted by atomic mass is 35.5. The summed E-state index contributed by atoms with van der Waals surface area (Å²) in [6, 6.07) is 0.362. The van der Waals surface area contributed by atoms with Crippen molar-refractivity contribution in [3.63, 3.8) is 0 Å². The van der Waals surface area contributed by atoms with Crippen molar-refractivity contribution in [3.05, 3.63) is 11.5 Å². The van der Waals surface area contributed by atoms with Gasteiger partial charge in [0.25, 0.3) is 0 Å². The lowest BCUT2D eigenvalue weighted by Gasteiger charge is -2.18. The molecule has 0 saturated heterocycles. The second-order valence-electron chi connectivity index (χ2n) is 5.46. The first-order chi connectivity index (χ1) is 10.0. The molecule has 0 aromatic carbocycles. The van der Waals surface area contributed by atoms with E-state index in [4.69, 9.17) is 16.6 Å². The van der Waals surface area contributed by atoms with Gasteiger partial charge in [-0.1, -0.05) is 20.3 Å². The van der Waals surface area contributed by atoms with Crippen LogP contribution in [0, 0.1) is 0 Å². The number of alkyl halides is 1. The number of hydrogen-bond donors (Lipinski definition) is 0. The average Bonchev–Trinajstić information content (AvgIpc) is 2.96. The normalized spacial score (nSPS) is 14.8. The van der Waals surface area contributed by atoms with Crippen molar-refractivity contribution in [1.82, 2.24) is 19.3 Å². The average molecular weight is 329 g/mol. The van der Waals surface area contributed by atoms with E-state index in [0.29, 0.717) is 6.04 Å². The maximum Gasteiger partial charge on any atom is 0.158 e. The lowest BCUT2D eigenvalue weighted by molar-refractivity contribution is 0.572. The third kappa shape index (κ3) is 3.24. The zero-order valence-corrected chi connectivity index (χ0v) is 15.1. The molecule has 6 heteroatoms. The monoisotopic (exact) mass is 328 g/mol. The quantitative estimate of drug-likeness (QED) is 0.709. The third-order valence-electron chi connectivity index (χ3n) is 3.61. The topological polar surface area (TPSA) is 35.6 Å². The van der Waals surface area contributed by atoms with Crippen molar-refractivity contribution in [2.75, 3.05) is 11.5 Å². The molecule has 0 spiro atoms. The van der Waals surface area contributed by atoms with E-state index in [1.54, 1.807) is 0 Å². The van der Waals surface area contributed by atoms with Crippen LogP contribution in [-0.4, -0.2) is 30.8 Å². The molecule has 0 N–H and O–H groups in total. The maximum atomic E-state index is 6.38. The second-order valence-corrected chi connectivity index (χ2v) is 7.43.